The summed E-state index contributed by atoms with van der Waals surface area (Å²) in [5.41, 5.74) is 0.890. The molecular formula is C17H14ClNO6. The van der Waals surface area contributed by atoms with Gasteiger partial charge in [-0.15, -0.1) is 0 Å². The first kappa shape index (κ1) is 18.4. The van der Waals surface area contributed by atoms with Crippen LogP contribution in [0.3, 0.4) is 0 Å². The molecule has 0 amide bonds. The van der Waals surface area contributed by atoms with Gasteiger partial charge in [-0.1, -0.05) is 23.7 Å². The van der Waals surface area contributed by atoms with E-state index < -0.39 is 16.9 Å². The van der Waals surface area contributed by atoms with Crippen molar-refractivity contribution in [2.75, 3.05) is 6.61 Å². The fourth-order valence-electron chi connectivity index (χ4n) is 1.96. The Bertz CT molecular complexity index is 803. The zero-order valence-electron chi connectivity index (χ0n) is 13.2. The highest BCUT2D eigenvalue weighted by atomic mass is 35.5. The lowest BCUT2D eigenvalue weighted by Gasteiger charge is -2.07. The lowest BCUT2D eigenvalue weighted by atomic mass is 10.1. The van der Waals surface area contributed by atoms with Crippen LogP contribution in [0.5, 0.6) is 0 Å². The van der Waals surface area contributed by atoms with E-state index in [1.54, 1.807) is 31.2 Å². The number of hydrogen-bond donors (Lipinski definition) is 0. The first-order valence-electron chi connectivity index (χ1n) is 7.29. The Morgan fingerprint density at radius 2 is 1.76 bits per heavy atom. The third kappa shape index (κ3) is 4.77. The number of carbonyl (C=O) groups excluding carboxylic acids is 2. The molecule has 130 valence electrons. The molecule has 8 heteroatoms. The molecule has 0 aliphatic carbocycles. The number of nitrogens with zero attached hydrogens (tertiary/aromatic N) is 1. The van der Waals surface area contributed by atoms with Gasteiger partial charge >= 0.3 is 11.9 Å². The molecule has 0 heterocycles. The summed E-state index contributed by atoms with van der Waals surface area (Å²) in [6.45, 7) is 1.97. The summed E-state index contributed by atoms with van der Waals surface area (Å²) in [5, 5.41) is 10.6. The van der Waals surface area contributed by atoms with Gasteiger partial charge in [-0.25, -0.2) is 9.59 Å². The maximum absolute atomic E-state index is 12.0. The SMILES string of the molecule is CCOC(=O)c1ccc(COC(=O)c2ccc([N+](=O)[O-])cc2Cl)cc1. The van der Waals surface area contributed by atoms with Crippen molar-refractivity contribution in [2.24, 2.45) is 0 Å². The standard InChI is InChI=1S/C17H14ClNO6/c1-2-24-16(20)12-5-3-11(4-6-12)10-25-17(21)14-8-7-13(19(22)23)9-15(14)18/h3-9H,2,10H2,1H3. The van der Waals surface area contributed by atoms with E-state index in [9.17, 15) is 19.7 Å². The molecule has 2 aromatic carbocycles. The monoisotopic (exact) mass is 363 g/mol. The van der Waals surface area contributed by atoms with Gasteiger partial charge in [0.1, 0.15) is 6.61 Å². The molecule has 0 bridgehead atoms. The highest BCUT2D eigenvalue weighted by molar-refractivity contribution is 6.33. The first-order chi connectivity index (χ1) is 11.9. The number of ether oxygens (including phenoxy) is 2. The van der Waals surface area contributed by atoms with Crippen LogP contribution in [-0.4, -0.2) is 23.5 Å². The smallest absolute Gasteiger partial charge is 0.339 e. The van der Waals surface area contributed by atoms with Crippen molar-refractivity contribution in [2.45, 2.75) is 13.5 Å². The van der Waals surface area contributed by atoms with Crippen molar-refractivity contribution in [3.8, 4) is 0 Å². The molecule has 0 spiro atoms. The number of non-ortho nitro benzene ring substituents is 1. The van der Waals surface area contributed by atoms with Gasteiger partial charge in [0.05, 0.1) is 27.7 Å². The number of nitro benzene ring substituents is 1. The molecule has 0 atom stereocenters. The summed E-state index contributed by atoms with van der Waals surface area (Å²) in [6.07, 6.45) is 0. The number of esters is 2. The third-order valence-electron chi connectivity index (χ3n) is 3.22. The van der Waals surface area contributed by atoms with Crippen molar-refractivity contribution in [1.29, 1.82) is 0 Å². The van der Waals surface area contributed by atoms with Gasteiger partial charge < -0.3 is 9.47 Å². The number of rotatable bonds is 6. The second-order valence-corrected chi connectivity index (χ2v) is 5.32. The summed E-state index contributed by atoms with van der Waals surface area (Å²) in [7, 11) is 0. The van der Waals surface area contributed by atoms with E-state index in [-0.39, 0.29) is 29.5 Å². The van der Waals surface area contributed by atoms with Crippen LogP contribution in [0.25, 0.3) is 0 Å². The van der Waals surface area contributed by atoms with E-state index in [2.05, 4.69) is 0 Å². The van der Waals surface area contributed by atoms with Crippen LogP contribution in [0.2, 0.25) is 5.02 Å². The van der Waals surface area contributed by atoms with Gasteiger partial charge in [-0.2, -0.15) is 0 Å². The van der Waals surface area contributed by atoms with E-state index in [1.165, 1.54) is 12.1 Å². The molecule has 0 saturated heterocycles. The molecule has 0 aliphatic rings. The van der Waals surface area contributed by atoms with E-state index in [4.69, 9.17) is 21.1 Å². The summed E-state index contributed by atoms with van der Waals surface area (Å²) in [6, 6.07) is 9.92. The van der Waals surface area contributed by atoms with Gasteiger partial charge in [-0.3, -0.25) is 10.1 Å². The zero-order chi connectivity index (χ0) is 18.4. The number of hydrogen-bond acceptors (Lipinski definition) is 6. The predicted octanol–water partition coefficient (Wildman–Crippen LogP) is 3.78. The quantitative estimate of drug-likeness (QED) is 0.440. The zero-order valence-corrected chi connectivity index (χ0v) is 14.0. The molecule has 0 unspecified atom stereocenters. The minimum Gasteiger partial charge on any atom is -0.462 e. The van der Waals surface area contributed by atoms with Crippen molar-refractivity contribution in [3.05, 3.63) is 74.3 Å². The van der Waals surface area contributed by atoms with E-state index in [0.717, 1.165) is 6.07 Å². The number of nitro groups is 1. The fourth-order valence-corrected chi connectivity index (χ4v) is 2.21. The Morgan fingerprint density at radius 1 is 1.08 bits per heavy atom. The minimum atomic E-state index is -0.700. The molecule has 25 heavy (non-hydrogen) atoms. The van der Waals surface area contributed by atoms with Gasteiger partial charge in [0, 0.05) is 12.1 Å². The highest BCUT2D eigenvalue weighted by Crippen LogP contribution is 2.23. The van der Waals surface area contributed by atoms with Crippen LogP contribution in [0.1, 0.15) is 33.2 Å². The number of carbonyl (C=O) groups is 2. The maximum atomic E-state index is 12.0. The van der Waals surface area contributed by atoms with Crippen LogP contribution < -0.4 is 0 Å². The van der Waals surface area contributed by atoms with Crippen LogP contribution in [0.15, 0.2) is 42.5 Å². The minimum absolute atomic E-state index is 0.0325. The molecule has 2 rings (SSSR count). The van der Waals surface area contributed by atoms with Gasteiger partial charge in [0.15, 0.2) is 0 Å². The van der Waals surface area contributed by atoms with Crippen molar-refractivity contribution in [1.82, 2.24) is 0 Å². The molecule has 0 aliphatic heterocycles. The summed E-state index contributed by atoms with van der Waals surface area (Å²) in [5.74, 6) is -1.13. The van der Waals surface area contributed by atoms with Crippen LogP contribution in [0.4, 0.5) is 5.69 Å². The average Bonchev–Trinajstić information content (AvgIpc) is 2.60. The average molecular weight is 364 g/mol. The molecule has 0 N–H and O–H groups in total. The third-order valence-corrected chi connectivity index (χ3v) is 3.53. The Morgan fingerprint density at radius 3 is 2.32 bits per heavy atom. The molecule has 0 saturated carbocycles. The predicted molar refractivity (Wildman–Crippen MR) is 89.6 cm³/mol. The topological polar surface area (TPSA) is 95.7 Å². The molecule has 2 aromatic rings. The van der Waals surface area contributed by atoms with Gasteiger partial charge in [-0.05, 0) is 30.7 Å². The largest absolute Gasteiger partial charge is 0.462 e. The molecular weight excluding hydrogens is 350 g/mol. The van der Waals surface area contributed by atoms with Gasteiger partial charge in [0.25, 0.3) is 5.69 Å². The lowest BCUT2D eigenvalue weighted by Crippen LogP contribution is -2.07. The molecule has 0 aromatic heterocycles. The summed E-state index contributed by atoms with van der Waals surface area (Å²) >= 11 is 5.88. The van der Waals surface area contributed by atoms with E-state index >= 15 is 0 Å². The Kier molecular flexibility index (Phi) is 6.08. The first-order valence-corrected chi connectivity index (χ1v) is 7.67. The number of halogens is 1. The highest BCUT2D eigenvalue weighted by Gasteiger charge is 2.16. The summed E-state index contributed by atoms with van der Waals surface area (Å²) in [4.78, 5) is 33.6. The molecule has 0 radical (unpaired) electrons. The van der Waals surface area contributed by atoms with E-state index in [0.29, 0.717) is 11.1 Å². The van der Waals surface area contributed by atoms with Crippen molar-refractivity contribution in [3.63, 3.8) is 0 Å². The second-order valence-electron chi connectivity index (χ2n) is 4.91. The van der Waals surface area contributed by atoms with Crippen LogP contribution >= 0.6 is 11.6 Å². The van der Waals surface area contributed by atoms with Gasteiger partial charge in [0.2, 0.25) is 0 Å². The van der Waals surface area contributed by atoms with Crippen LogP contribution in [-0.2, 0) is 16.1 Å². The van der Waals surface area contributed by atoms with E-state index in [1.807, 2.05) is 0 Å². The Hall–Kier alpha value is -2.93. The molecule has 0 fully saturated rings. The second kappa shape index (κ2) is 8.25. The van der Waals surface area contributed by atoms with Crippen molar-refractivity contribution < 1.29 is 24.0 Å². The summed E-state index contributed by atoms with van der Waals surface area (Å²) < 4.78 is 10.0. The van der Waals surface area contributed by atoms with Crippen LogP contribution in [0, 0.1) is 10.1 Å². The van der Waals surface area contributed by atoms with Crippen molar-refractivity contribution >= 4 is 29.2 Å². The molecule has 7 nitrogen and oxygen atoms in total. The normalized spacial score (nSPS) is 10.2. The lowest BCUT2D eigenvalue weighted by molar-refractivity contribution is -0.384. The maximum Gasteiger partial charge on any atom is 0.339 e. The number of benzene rings is 2. The Labute approximate surface area is 148 Å². The Balaban J connectivity index is 2.00. The fraction of sp³-hybridized carbons (Fsp3) is 0.176.